The number of carboxylic acids is 1. The summed E-state index contributed by atoms with van der Waals surface area (Å²) in [6, 6.07) is 3.87. The molecule has 0 saturated heterocycles. The third-order valence-electron chi connectivity index (χ3n) is 1.48. The molecule has 0 spiro atoms. The minimum Gasteiger partial charge on any atom is -0.545 e. The molecular formula is C9H8NNaO4. The van der Waals surface area contributed by atoms with Crippen LogP contribution >= 0.6 is 0 Å². The molecule has 0 atom stereocenters. The van der Waals surface area contributed by atoms with E-state index in [0.29, 0.717) is 5.69 Å². The Morgan fingerprint density at radius 3 is 2.47 bits per heavy atom. The molecule has 1 aromatic rings. The standard InChI is InChI=1S/C9H9NO4.Na/c1-5(11)14-8-4-6(10)2-3-7(8)9(12)13;/h2-4H,10H2,1H3,(H,12,13);/q;+1/p-1. The molecule has 0 amide bonds. The molecule has 0 radical (unpaired) electrons. The van der Waals surface area contributed by atoms with E-state index in [9.17, 15) is 14.7 Å². The molecule has 0 aromatic heterocycles. The molecule has 0 aliphatic heterocycles. The Balaban J connectivity index is 0.00000196. The fraction of sp³-hybridized carbons (Fsp3) is 0.111. The Hall–Kier alpha value is -1.04. The molecule has 0 saturated carbocycles. The van der Waals surface area contributed by atoms with Gasteiger partial charge in [-0.15, -0.1) is 0 Å². The van der Waals surface area contributed by atoms with Crippen LogP contribution in [0.1, 0.15) is 17.3 Å². The Labute approximate surface area is 109 Å². The number of ether oxygens (including phenoxy) is 1. The smallest absolute Gasteiger partial charge is 0.545 e. The SMILES string of the molecule is CC(=O)Oc1cc(N)ccc1C(=O)[O-].[Na+]. The van der Waals surface area contributed by atoms with Gasteiger partial charge < -0.3 is 20.4 Å². The summed E-state index contributed by atoms with van der Waals surface area (Å²) in [7, 11) is 0. The molecule has 6 heteroatoms. The number of benzene rings is 1. The Kier molecular flexibility index (Phi) is 5.35. The minimum atomic E-state index is -1.42. The number of carboxylic acid groups (broad SMARTS) is 1. The molecule has 0 fully saturated rings. The third kappa shape index (κ3) is 3.91. The number of aromatic carboxylic acids is 1. The topological polar surface area (TPSA) is 92.5 Å². The zero-order chi connectivity index (χ0) is 10.7. The van der Waals surface area contributed by atoms with E-state index in [0.717, 1.165) is 0 Å². The largest absolute Gasteiger partial charge is 1.00 e. The van der Waals surface area contributed by atoms with Crippen LogP contribution in [-0.2, 0) is 4.79 Å². The maximum atomic E-state index is 10.6. The van der Waals surface area contributed by atoms with E-state index in [-0.39, 0.29) is 40.9 Å². The van der Waals surface area contributed by atoms with Crippen LogP contribution in [-0.4, -0.2) is 11.9 Å². The molecule has 0 bridgehead atoms. The summed E-state index contributed by atoms with van der Waals surface area (Å²) >= 11 is 0. The van der Waals surface area contributed by atoms with E-state index >= 15 is 0 Å². The van der Waals surface area contributed by atoms with Gasteiger partial charge in [-0.25, -0.2) is 0 Å². The Morgan fingerprint density at radius 1 is 1.40 bits per heavy atom. The van der Waals surface area contributed by atoms with Gasteiger partial charge in [0.1, 0.15) is 5.75 Å². The molecule has 1 rings (SSSR count). The number of hydrogen-bond donors (Lipinski definition) is 1. The van der Waals surface area contributed by atoms with Gasteiger partial charge in [0.25, 0.3) is 0 Å². The van der Waals surface area contributed by atoms with Crippen molar-refractivity contribution in [2.45, 2.75) is 6.92 Å². The number of nitrogens with two attached hydrogens (primary N) is 1. The van der Waals surface area contributed by atoms with Gasteiger partial charge in [-0.05, 0) is 12.1 Å². The fourth-order valence-corrected chi connectivity index (χ4v) is 0.947. The van der Waals surface area contributed by atoms with Crippen LogP contribution < -0.4 is 45.1 Å². The van der Waals surface area contributed by atoms with Crippen LogP contribution in [0.3, 0.4) is 0 Å². The summed E-state index contributed by atoms with van der Waals surface area (Å²) < 4.78 is 4.65. The third-order valence-corrected chi connectivity index (χ3v) is 1.48. The summed E-state index contributed by atoms with van der Waals surface area (Å²) in [5, 5.41) is 10.6. The molecule has 1 aromatic carbocycles. The maximum Gasteiger partial charge on any atom is 1.00 e. The second kappa shape index (κ2) is 5.75. The first-order valence-electron chi connectivity index (χ1n) is 3.80. The molecule has 0 heterocycles. The van der Waals surface area contributed by atoms with Crippen LogP contribution in [0, 0.1) is 0 Å². The summed E-state index contributed by atoms with van der Waals surface area (Å²) in [4.78, 5) is 21.2. The first kappa shape index (κ1) is 14.0. The van der Waals surface area contributed by atoms with Gasteiger partial charge in [0, 0.05) is 24.2 Å². The molecule has 0 aliphatic rings. The van der Waals surface area contributed by atoms with Gasteiger partial charge in [-0.1, -0.05) is 0 Å². The molecule has 2 N–H and O–H groups in total. The van der Waals surface area contributed by atoms with E-state index < -0.39 is 11.9 Å². The first-order valence-corrected chi connectivity index (χ1v) is 3.80. The number of nitrogen functional groups attached to an aromatic ring is 1. The van der Waals surface area contributed by atoms with Crippen LogP contribution in [0.15, 0.2) is 18.2 Å². The van der Waals surface area contributed by atoms with Gasteiger partial charge >= 0.3 is 35.5 Å². The predicted molar refractivity (Wildman–Crippen MR) is 46.5 cm³/mol. The van der Waals surface area contributed by atoms with Crippen LogP contribution in [0.4, 0.5) is 5.69 Å². The summed E-state index contributed by atoms with van der Waals surface area (Å²) in [5.74, 6) is -2.13. The molecule has 74 valence electrons. The molecule has 15 heavy (non-hydrogen) atoms. The monoisotopic (exact) mass is 217 g/mol. The maximum absolute atomic E-state index is 10.6. The van der Waals surface area contributed by atoms with Crippen LogP contribution in [0.2, 0.25) is 0 Å². The summed E-state index contributed by atoms with van der Waals surface area (Å²) in [6.07, 6.45) is 0. The number of hydrogen-bond acceptors (Lipinski definition) is 5. The normalized spacial score (nSPS) is 8.87. The molecular weight excluding hydrogens is 209 g/mol. The van der Waals surface area contributed by atoms with Gasteiger partial charge in [-0.2, -0.15) is 0 Å². The van der Waals surface area contributed by atoms with Crippen molar-refractivity contribution in [3.8, 4) is 5.75 Å². The van der Waals surface area contributed by atoms with Crippen molar-refractivity contribution in [3.05, 3.63) is 23.8 Å². The van der Waals surface area contributed by atoms with Crippen molar-refractivity contribution < 1.29 is 49.0 Å². The zero-order valence-corrected chi connectivity index (χ0v) is 10.4. The van der Waals surface area contributed by atoms with Crippen molar-refractivity contribution in [1.82, 2.24) is 0 Å². The van der Waals surface area contributed by atoms with E-state index in [2.05, 4.69) is 4.74 Å². The van der Waals surface area contributed by atoms with E-state index in [1.165, 1.54) is 25.1 Å². The number of anilines is 1. The Morgan fingerprint density at radius 2 is 2.00 bits per heavy atom. The zero-order valence-electron chi connectivity index (χ0n) is 8.44. The van der Waals surface area contributed by atoms with Gasteiger partial charge in [-0.3, -0.25) is 4.79 Å². The number of rotatable bonds is 2. The molecule has 5 nitrogen and oxygen atoms in total. The predicted octanol–water partition coefficient (Wildman–Crippen LogP) is -3.44. The van der Waals surface area contributed by atoms with Crippen LogP contribution in [0.5, 0.6) is 5.75 Å². The van der Waals surface area contributed by atoms with Gasteiger partial charge in [0.05, 0.1) is 5.97 Å². The minimum absolute atomic E-state index is 0. The number of esters is 1. The summed E-state index contributed by atoms with van der Waals surface area (Å²) in [5.41, 5.74) is 5.51. The Bertz CT molecular complexity index is 392. The molecule has 0 unspecified atom stereocenters. The van der Waals surface area contributed by atoms with E-state index in [1.54, 1.807) is 0 Å². The van der Waals surface area contributed by atoms with Crippen molar-refractivity contribution in [2.75, 3.05) is 5.73 Å². The van der Waals surface area contributed by atoms with Crippen molar-refractivity contribution in [3.63, 3.8) is 0 Å². The van der Waals surface area contributed by atoms with E-state index in [4.69, 9.17) is 5.73 Å². The number of carbonyl (C=O) groups excluding carboxylic acids is 2. The van der Waals surface area contributed by atoms with Crippen molar-refractivity contribution >= 4 is 17.6 Å². The summed E-state index contributed by atoms with van der Waals surface area (Å²) in [6.45, 7) is 1.17. The quantitative estimate of drug-likeness (QED) is 0.241. The van der Waals surface area contributed by atoms with Gasteiger partial charge in [0.2, 0.25) is 0 Å². The van der Waals surface area contributed by atoms with Crippen molar-refractivity contribution in [2.24, 2.45) is 0 Å². The fourth-order valence-electron chi connectivity index (χ4n) is 0.947. The second-order valence-electron chi connectivity index (χ2n) is 2.64. The average Bonchev–Trinajstić information content (AvgIpc) is 2.01. The number of carbonyl (C=O) groups is 2. The first-order chi connectivity index (χ1) is 6.50. The van der Waals surface area contributed by atoms with Crippen molar-refractivity contribution in [1.29, 1.82) is 0 Å². The van der Waals surface area contributed by atoms with Crippen LogP contribution in [0.25, 0.3) is 0 Å². The molecule has 0 aliphatic carbocycles. The van der Waals surface area contributed by atoms with Gasteiger partial charge in [0.15, 0.2) is 0 Å². The second-order valence-corrected chi connectivity index (χ2v) is 2.64. The average molecular weight is 217 g/mol. The van der Waals surface area contributed by atoms with E-state index in [1.807, 2.05) is 0 Å².